The lowest BCUT2D eigenvalue weighted by atomic mass is 9.84. The van der Waals surface area contributed by atoms with E-state index in [1.54, 1.807) is 26.8 Å². The number of nitrogens with two attached hydrogens (primary N) is 1. The number of amidine groups is 1. The molecule has 2 heterocycles. The largest absolute Gasteiger partial charge is 0.463 e. The molecule has 0 unspecified atom stereocenters. The predicted octanol–water partition coefficient (Wildman–Crippen LogP) is 2.95. The number of rotatable bonds is 9. The molecule has 4 rings (SSSR count). The van der Waals surface area contributed by atoms with Crippen LogP contribution in [0.4, 0.5) is 8.78 Å². The summed E-state index contributed by atoms with van der Waals surface area (Å²) in [6, 6.07) is 4.36. The van der Waals surface area contributed by atoms with Gasteiger partial charge in [0.25, 0.3) is 0 Å². The number of halogens is 2. The summed E-state index contributed by atoms with van der Waals surface area (Å²) in [4.78, 5) is 38.6. The summed E-state index contributed by atoms with van der Waals surface area (Å²) >= 11 is 1.12. The number of nitrogens with one attached hydrogen (secondary N) is 1. The first-order chi connectivity index (χ1) is 17.4. The van der Waals surface area contributed by atoms with Crippen LogP contribution in [0, 0.1) is 24.1 Å². The zero-order valence-corrected chi connectivity index (χ0v) is 21.5. The molecule has 194 valence electrons. The normalized spacial score (nSPS) is 24.3. The fourth-order valence-electron chi connectivity index (χ4n) is 4.51. The number of thioether (sulfide) groups is 1. The van der Waals surface area contributed by atoms with Crippen LogP contribution in [0.15, 0.2) is 35.6 Å². The summed E-state index contributed by atoms with van der Waals surface area (Å²) in [6.45, 7) is 4.20. The van der Waals surface area contributed by atoms with Crippen LogP contribution < -0.4 is 15.8 Å². The Kier molecular flexibility index (Phi) is 6.99. The second kappa shape index (κ2) is 9.74. The predicted molar refractivity (Wildman–Crippen MR) is 136 cm³/mol. The summed E-state index contributed by atoms with van der Waals surface area (Å²) in [7, 11) is 0. The molecule has 1 aliphatic carbocycles. The van der Waals surface area contributed by atoms with Gasteiger partial charge in [-0.25, -0.2) is 18.7 Å². The average Bonchev–Trinajstić information content (AvgIpc) is 3.61. The van der Waals surface area contributed by atoms with Crippen molar-refractivity contribution in [1.82, 2.24) is 15.3 Å². The molecule has 1 aromatic carbocycles. The number of nitrogens with zero attached hydrogens (tertiary/aromatic N) is 3. The number of benzene rings is 1. The molecule has 3 atom stereocenters. The first-order valence-electron chi connectivity index (χ1n) is 11.6. The van der Waals surface area contributed by atoms with Gasteiger partial charge in [-0.15, -0.1) is 6.42 Å². The lowest BCUT2D eigenvalue weighted by molar-refractivity contribution is -0.123. The van der Waals surface area contributed by atoms with E-state index in [2.05, 4.69) is 26.2 Å². The minimum Gasteiger partial charge on any atom is -0.463 e. The molecule has 0 radical (unpaired) electrons. The molecule has 0 spiro atoms. The quantitative estimate of drug-likeness (QED) is 0.380. The summed E-state index contributed by atoms with van der Waals surface area (Å²) in [6.07, 6.45) is 8.08. The van der Waals surface area contributed by atoms with E-state index in [0.29, 0.717) is 12.0 Å². The Morgan fingerprint density at radius 3 is 2.76 bits per heavy atom. The van der Waals surface area contributed by atoms with E-state index < -0.39 is 28.3 Å². The zero-order valence-electron chi connectivity index (χ0n) is 20.7. The number of hydrogen-bond donors (Lipinski definition) is 2. The first kappa shape index (κ1) is 26.5. The number of aromatic nitrogens is 2. The van der Waals surface area contributed by atoms with Gasteiger partial charge < -0.3 is 15.8 Å². The van der Waals surface area contributed by atoms with Crippen molar-refractivity contribution in [3.05, 3.63) is 53.2 Å². The van der Waals surface area contributed by atoms with Crippen molar-refractivity contribution >= 4 is 28.6 Å². The third kappa shape index (κ3) is 5.16. The first-order valence-corrected chi connectivity index (χ1v) is 12.4. The number of hydrogen-bond acceptors (Lipinski definition) is 8. The number of alkyl halides is 1. The zero-order chi connectivity index (χ0) is 27.0. The van der Waals surface area contributed by atoms with Crippen molar-refractivity contribution in [3.63, 3.8) is 0 Å². The highest BCUT2D eigenvalue weighted by Gasteiger charge is 2.71. The highest BCUT2D eigenvalue weighted by Crippen LogP contribution is 2.66. The number of fused-ring (bicyclic) bond motifs is 1. The second-order valence-electron chi connectivity index (χ2n) is 9.96. The molecular formula is C26H27F2N5O3S. The molecule has 1 saturated carbocycles. The molecule has 0 bridgehead atoms. The SMILES string of the molecule is C#CCOc1cnc(C(=O)Cc2ccc(F)c([C@@]3(C)N=C(N)S[C@@]4(C(=O)NC(C)(C)CF)C[C@H]43)c2)cn1. The van der Waals surface area contributed by atoms with Gasteiger partial charge in [0, 0.05) is 17.9 Å². The molecule has 0 saturated heterocycles. The monoisotopic (exact) mass is 527 g/mol. The summed E-state index contributed by atoms with van der Waals surface area (Å²) in [5, 5.41) is 2.88. The Labute approximate surface area is 217 Å². The number of amides is 1. The third-order valence-corrected chi connectivity index (χ3v) is 7.85. The number of ketones is 1. The van der Waals surface area contributed by atoms with Crippen LogP contribution >= 0.6 is 11.8 Å². The van der Waals surface area contributed by atoms with Crippen molar-refractivity contribution in [1.29, 1.82) is 0 Å². The maximum atomic E-state index is 15.2. The molecule has 11 heteroatoms. The van der Waals surface area contributed by atoms with E-state index in [1.165, 1.54) is 24.5 Å². The molecule has 3 N–H and O–H groups in total. The van der Waals surface area contributed by atoms with Crippen molar-refractivity contribution < 1.29 is 23.1 Å². The minimum atomic E-state index is -1.15. The van der Waals surface area contributed by atoms with Crippen molar-refractivity contribution in [2.75, 3.05) is 13.3 Å². The molecule has 1 aromatic heterocycles. The summed E-state index contributed by atoms with van der Waals surface area (Å²) in [5.74, 6) is 0.942. The average molecular weight is 528 g/mol. The fraction of sp³-hybridized carbons (Fsp3) is 0.423. The maximum Gasteiger partial charge on any atom is 0.237 e. The van der Waals surface area contributed by atoms with Crippen LogP contribution in [0.25, 0.3) is 0 Å². The maximum absolute atomic E-state index is 15.2. The van der Waals surface area contributed by atoms with E-state index in [9.17, 15) is 14.0 Å². The van der Waals surface area contributed by atoms with Crippen molar-refractivity contribution in [2.45, 2.75) is 49.4 Å². The van der Waals surface area contributed by atoms with Gasteiger partial charge in [-0.2, -0.15) is 0 Å². The van der Waals surface area contributed by atoms with Crippen LogP contribution in [0.5, 0.6) is 5.88 Å². The van der Waals surface area contributed by atoms with Crippen molar-refractivity contribution in [3.8, 4) is 18.2 Å². The Bertz CT molecular complexity index is 1310. The molecule has 2 aromatic rings. The molecule has 37 heavy (non-hydrogen) atoms. The van der Waals surface area contributed by atoms with Gasteiger partial charge in [0.2, 0.25) is 11.8 Å². The fourth-order valence-corrected chi connectivity index (χ4v) is 5.89. The molecular weight excluding hydrogens is 500 g/mol. The van der Waals surface area contributed by atoms with Crippen LogP contribution in [0.3, 0.4) is 0 Å². The summed E-state index contributed by atoms with van der Waals surface area (Å²) in [5.41, 5.74) is 4.82. The van der Waals surface area contributed by atoms with E-state index >= 15 is 4.39 Å². The van der Waals surface area contributed by atoms with E-state index in [-0.39, 0.29) is 52.9 Å². The van der Waals surface area contributed by atoms with Crippen LogP contribution in [-0.2, 0) is 16.8 Å². The van der Waals surface area contributed by atoms with Crippen LogP contribution in [-0.4, -0.2) is 50.4 Å². The van der Waals surface area contributed by atoms with Gasteiger partial charge in [-0.1, -0.05) is 23.7 Å². The Morgan fingerprint density at radius 1 is 1.35 bits per heavy atom. The van der Waals surface area contributed by atoms with Gasteiger partial charge >= 0.3 is 0 Å². The molecule has 8 nitrogen and oxygen atoms in total. The van der Waals surface area contributed by atoms with Crippen LogP contribution in [0.2, 0.25) is 0 Å². The van der Waals surface area contributed by atoms with E-state index in [1.807, 2.05) is 0 Å². The number of terminal acetylenes is 1. The smallest absolute Gasteiger partial charge is 0.237 e. The number of Topliss-reactive ketones (excluding diaryl/α,β-unsaturated/α-hetero) is 1. The van der Waals surface area contributed by atoms with Crippen LogP contribution in [0.1, 0.15) is 48.8 Å². The Hall–Kier alpha value is -3.52. The highest BCUT2D eigenvalue weighted by molar-refractivity contribution is 8.15. The van der Waals surface area contributed by atoms with E-state index in [4.69, 9.17) is 16.9 Å². The number of aliphatic imine (C=N–C) groups is 1. The summed E-state index contributed by atoms with van der Waals surface area (Å²) < 4.78 is 32.7. The minimum absolute atomic E-state index is 0.0299. The van der Waals surface area contributed by atoms with E-state index in [0.717, 1.165) is 11.8 Å². The van der Waals surface area contributed by atoms with Gasteiger partial charge in [0.05, 0.1) is 23.5 Å². The number of carbonyl (C=O) groups is 2. The topological polar surface area (TPSA) is 120 Å². The molecule has 1 amide bonds. The number of carbonyl (C=O) groups excluding carboxylic acids is 2. The number of ether oxygens (including phenoxy) is 1. The standard InChI is InChI=1S/C26H27F2N5O3S/c1-5-8-36-21-13-30-18(12-31-21)19(34)10-15-6-7-17(28)16(9-15)25(4)20-11-26(20,37-23(29)33-25)22(35)32-24(2,3)14-27/h1,6-7,9,12-13,20H,8,10-11,14H2,2-4H3,(H2,29,33)(H,32,35)/t20-,25+,26-/m0/s1. The lowest BCUT2D eigenvalue weighted by Crippen LogP contribution is -2.52. The van der Waals surface area contributed by atoms with Gasteiger partial charge in [-0.05, 0) is 44.9 Å². The molecule has 1 fully saturated rings. The second-order valence-corrected chi connectivity index (χ2v) is 11.3. The van der Waals surface area contributed by atoms with Gasteiger partial charge in [0.15, 0.2) is 17.6 Å². The van der Waals surface area contributed by atoms with Gasteiger partial charge in [-0.3, -0.25) is 14.6 Å². The molecule has 1 aliphatic heterocycles. The Morgan fingerprint density at radius 2 is 2.11 bits per heavy atom. The molecule has 2 aliphatic rings. The lowest BCUT2D eigenvalue weighted by Gasteiger charge is -2.35. The van der Waals surface area contributed by atoms with Gasteiger partial charge in [0.1, 0.15) is 22.9 Å². The third-order valence-electron chi connectivity index (χ3n) is 6.55. The Balaban J connectivity index is 1.57. The van der Waals surface area contributed by atoms with Crippen molar-refractivity contribution in [2.24, 2.45) is 16.6 Å². The highest BCUT2D eigenvalue weighted by atomic mass is 32.2.